The topological polar surface area (TPSA) is 33.0 Å². The fraction of sp³-hybridized carbons (Fsp3) is 0.769. The number of hydrogen-bond acceptors (Lipinski definition) is 2. The Labute approximate surface area is 100 Å². The lowest BCUT2D eigenvalue weighted by Crippen LogP contribution is -2.32. The normalized spacial score (nSPS) is 23.5. The van der Waals surface area contributed by atoms with Crippen molar-refractivity contribution in [2.45, 2.75) is 64.3 Å². The van der Waals surface area contributed by atoms with Crippen molar-refractivity contribution in [3.63, 3.8) is 0 Å². The summed E-state index contributed by atoms with van der Waals surface area (Å²) in [4.78, 5) is 0. The van der Waals surface area contributed by atoms with Gasteiger partial charge in [0.05, 0.1) is 6.07 Å². The van der Waals surface area contributed by atoms with E-state index in [2.05, 4.69) is 31.8 Å². The van der Waals surface area contributed by atoms with Crippen LogP contribution in [0.3, 0.4) is 0 Å². The van der Waals surface area contributed by atoms with Gasteiger partial charge in [0.25, 0.3) is 0 Å². The monoisotopic (exact) mass is 237 g/mol. The van der Waals surface area contributed by atoms with Gasteiger partial charge in [0.2, 0.25) is 0 Å². The van der Waals surface area contributed by atoms with Crippen molar-refractivity contribution in [2.24, 2.45) is 0 Å². The van der Waals surface area contributed by atoms with Crippen molar-refractivity contribution >= 4 is 8.32 Å². The fourth-order valence-electron chi connectivity index (χ4n) is 1.99. The molecular weight excluding hydrogens is 214 g/mol. The summed E-state index contributed by atoms with van der Waals surface area (Å²) in [6, 6.07) is 2.32. The second-order valence-electron chi connectivity index (χ2n) is 5.47. The van der Waals surface area contributed by atoms with Crippen molar-refractivity contribution in [1.29, 1.82) is 5.26 Å². The third kappa shape index (κ3) is 4.96. The van der Waals surface area contributed by atoms with Crippen LogP contribution in [0.5, 0.6) is 0 Å². The zero-order chi connectivity index (χ0) is 12.0. The minimum Gasteiger partial charge on any atom is -0.399 e. The Morgan fingerprint density at radius 2 is 1.94 bits per heavy atom. The van der Waals surface area contributed by atoms with Gasteiger partial charge in [-0.1, -0.05) is 18.9 Å². The molecular formula is C13H23NOSi. The van der Waals surface area contributed by atoms with Gasteiger partial charge in [0.15, 0.2) is 14.4 Å². The highest BCUT2D eigenvalue weighted by atomic mass is 28.4. The lowest BCUT2D eigenvalue weighted by molar-refractivity contribution is 0.276. The molecule has 0 spiro atoms. The average Bonchev–Trinajstić information content (AvgIpc) is 2.12. The van der Waals surface area contributed by atoms with E-state index in [-0.39, 0.29) is 6.10 Å². The van der Waals surface area contributed by atoms with Crippen LogP contribution in [0.2, 0.25) is 19.6 Å². The minimum absolute atomic E-state index is 0.287. The average molecular weight is 237 g/mol. The summed E-state index contributed by atoms with van der Waals surface area (Å²) in [5, 5.41) is 9.21. The van der Waals surface area contributed by atoms with Gasteiger partial charge in [0.1, 0.15) is 0 Å². The quantitative estimate of drug-likeness (QED) is 0.549. The predicted molar refractivity (Wildman–Crippen MR) is 69.6 cm³/mol. The summed E-state index contributed by atoms with van der Waals surface area (Å²) < 4.78 is 5.93. The summed E-state index contributed by atoms with van der Waals surface area (Å²) >= 11 is 0. The number of nitrogens with zero attached hydrogens (tertiary/aromatic N) is 1. The van der Waals surface area contributed by atoms with Gasteiger partial charge in [-0.15, -0.1) is 0 Å². The minimum atomic E-state index is -1.62. The molecule has 1 aliphatic carbocycles. The van der Waals surface area contributed by atoms with E-state index in [1.165, 1.54) is 31.3 Å². The Morgan fingerprint density at radius 3 is 2.56 bits per heavy atom. The molecule has 0 radical (unpaired) electrons. The van der Waals surface area contributed by atoms with E-state index in [0.717, 1.165) is 12.8 Å². The first kappa shape index (κ1) is 13.5. The van der Waals surface area contributed by atoms with Crippen LogP contribution in [0.4, 0.5) is 0 Å². The Kier molecular flexibility index (Phi) is 5.24. The Morgan fingerprint density at radius 1 is 1.25 bits per heavy atom. The van der Waals surface area contributed by atoms with Gasteiger partial charge < -0.3 is 4.43 Å². The van der Waals surface area contributed by atoms with Crippen molar-refractivity contribution < 1.29 is 4.43 Å². The second-order valence-corrected chi connectivity index (χ2v) is 9.93. The van der Waals surface area contributed by atoms with E-state index in [0.29, 0.717) is 0 Å². The molecule has 0 amide bonds. The maximum absolute atomic E-state index is 9.21. The highest BCUT2D eigenvalue weighted by Gasteiger charge is 2.23. The van der Waals surface area contributed by atoms with Gasteiger partial charge in [-0.2, -0.15) is 5.26 Å². The van der Waals surface area contributed by atoms with E-state index >= 15 is 0 Å². The second kappa shape index (κ2) is 6.22. The molecule has 2 nitrogen and oxygen atoms in total. The first-order valence-corrected chi connectivity index (χ1v) is 9.70. The molecule has 0 aromatic heterocycles. The summed E-state index contributed by atoms with van der Waals surface area (Å²) in [5.74, 6) is 0. The Balaban J connectivity index is 2.67. The summed E-state index contributed by atoms with van der Waals surface area (Å²) in [6.07, 6.45) is 9.20. The molecule has 3 heteroatoms. The molecule has 0 aromatic carbocycles. The third-order valence-electron chi connectivity index (χ3n) is 2.75. The van der Waals surface area contributed by atoms with Crippen LogP contribution in [0.15, 0.2) is 11.6 Å². The first-order valence-electron chi connectivity index (χ1n) is 6.29. The summed E-state index contributed by atoms with van der Waals surface area (Å²) in [7, 11) is -1.62. The van der Waals surface area contributed by atoms with Crippen LogP contribution in [0, 0.1) is 11.3 Å². The molecule has 1 rings (SSSR count). The largest absolute Gasteiger partial charge is 0.399 e. The van der Waals surface area contributed by atoms with Gasteiger partial charge in [-0.05, 0) is 50.9 Å². The lowest BCUT2D eigenvalue weighted by Gasteiger charge is -2.24. The van der Waals surface area contributed by atoms with E-state index in [9.17, 15) is 5.26 Å². The van der Waals surface area contributed by atoms with Gasteiger partial charge in [-0.25, -0.2) is 0 Å². The molecule has 0 N–H and O–H groups in total. The molecule has 0 bridgehead atoms. The van der Waals surface area contributed by atoms with Crippen LogP contribution >= 0.6 is 0 Å². The molecule has 0 fully saturated rings. The smallest absolute Gasteiger partial charge is 0.185 e. The maximum atomic E-state index is 9.21. The highest BCUT2D eigenvalue weighted by Crippen LogP contribution is 2.23. The van der Waals surface area contributed by atoms with E-state index < -0.39 is 8.32 Å². The summed E-state index contributed by atoms with van der Waals surface area (Å²) in [6.45, 7) is 6.42. The number of hydrogen-bond donors (Lipinski definition) is 0. The number of allylic oxidation sites excluding steroid dienone is 1. The number of nitriles is 1. The zero-order valence-corrected chi connectivity index (χ0v) is 11.8. The standard InChI is InChI=1S/C13H23NOSi/c1-16(2,3)15-13(11-14)12-9-7-5-4-6-8-10-12/h9,13H,4-8,10H2,1-3H3/b12-9+. The van der Waals surface area contributed by atoms with Crippen LogP contribution in [-0.2, 0) is 4.43 Å². The maximum Gasteiger partial charge on any atom is 0.185 e. The molecule has 1 aliphatic rings. The van der Waals surface area contributed by atoms with Crippen molar-refractivity contribution in [3.8, 4) is 6.07 Å². The van der Waals surface area contributed by atoms with Crippen LogP contribution in [-0.4, -0.2) is 14.4 Å². The molecule has 90 valence electrons. The highest BCUT2D eigenvalue weighted by molar-refractivity contribution is 6.69. The molecule has 0 heterocycles. The van der Waals surface area contributed by atoms with Gasteiger partial charge in [-0.3, -0.25) is 0 Å². The molecule has 1 unspecified atom stereocenters. The number of rotatable bonds is 3. The fourth-order valence-corrected chi connectivity index (χ4v) is 2.90. The molecule has 0 saturated carbocycles. The Bertz CT molecular complexity index is 285. The first-order chi connectivity index (χ1) is 7.53. The van der Waals surface area contributed by atoms with Crippen molar-refractivity contribution in [2.75, 3.05) is 0 Å². The molecule has 0 aliphatic heterocycles. The van der Waals surface area contributed by atoms with Crippen LogP contribution < -0.4 is 0 Å². The van der Waals surface area contributed by atoms with Crippen molar-refractivity contribution in [1.82, 2.24) is 0 Å². The van der Waals surface area contributed by atoms with Gasteiger partial charge >= 0.3 is 0 Å². The zero-order valence-electron chi connectivity index (χ0n) is 10.8. The van der Waals surface area contributed by atoms with Crippen LogP contribution in [0.25, 0.3) is 0 Å². The van der Waals surface area contributed by atoms with Gasteiger partial charge in [0, 0.05) is 0 Å². The molecule has 1 atom stereocenters. The molecule has 16 heavy (non-hydrogen) atoms. The molecule has 0 saturated heterocycles. The third-order valence-corrected chi connectivity index (χ3v) is 3.69. The predicted octanol–water partition coefficient (Wildman–Crippen LogP) is 4.01. The Hall–Kier alpha value is -0.593. The lowest BCUT2D eigenvalue weighted by atomic mass is 9.97. The summed E-state index contributed by atoms with van der Waals surface area (Å²) in [5.41, 5.74) is 1.23. The van der Waals surface area contributed by atoms with Crippen LogP contribution in [0.1, 0.15) is 38.5 Å². The van der Waals surface area contributed by atoms with E-state index in [1.807, 2.05) is 0 Å². The van der Waals surface area contributed by atoms with E-state index in [1.54, 1.807) is 0 Å². The molecule has 0 aromatic rings. The van der Waals surface area contributed by atoms with Crippen molar-refractivity contribution in [3.05, 3.63) is 11.6 Å². The van der Waals surface area contributed by atoms with E-state index in [4.69, 9.17) is 4.43 Å². The SMILES string of the molecule is C[Si](C)(C)OC(C#N)/C1=C/CCCCCC1.